The van der Waals surface area contributed by atoms with E-state index in [2.05, 4.69) is 29.2 Å². The zero-order valence-corrected chi connectivity index (χ0v) is 11.1. The zero-order chi connectivity index (χ0) is 13.2. The average Bonchev–Trinajstić information content (AvgIpc) is 2.67. The maximum Gasteiger partial charge on any atom is 0.152 e. The summed E-state index contributed by atoms with van der Waals surface area (Å²) in [4.78, 5) is 4.35. The fourth-order valence-electron chi connectivity index (χ4n) is 1.89. The second-order valence-corrected chi connectivity index (χ2v) is 5.38. The summed E-state index contributed by atoms with van der Waals surface area (Å²) < 4.78 is 1.82. The van der Waals surface area contributed by atoms with Gasteiger partial charge in [0.2, 0.25) is 0 Å². The van der Waals surface area contributed by atoms with Gasteiger partial charge in [-0.2, -0.15) is 5.10 Å². The minimum absolute atomic E-state index is 0.0400. The third-order valence-electron chi connectivity index (χ3n) is 3.03. The molecule has 2 heterocycles. The molecule has 98 valence electrons. The van der Waals surface area contributed by atoms with Crippen LogP contribution in [0.25, 0.3) is 5.52 Å². The van der Waals surface area contributed by atoms with Gasteiger partial charge in [-0.3, -0.25) is 0 Å². The lowest BCUT2D eigenvalue weighted by Crippen LogP contribution is -2.24. The third-order valence-corrected chi connectivity index (χ3v) is 3.03. The Labute approximate surface area is 107 Å². The van der Waals surface area contributed by atoms with E-state index < -0.39 is 0 Å². The highest BCUT2D eigenvalue weighted by atomic mass is 16.3. The summed E-state index contributed by atoms with van der Waals surface area (Å²) >= 11 is 0. The number of aliphatic hydroxyl groups is 1. The molecule has 0 fully saturated rings. The molecule has 5 heteroatoms. The molecule has 0 aliphatic rings. The second-order valence-electron chi connectivity index (χ2n) is 5.38. The smallest absolute Gasteiger partial charge is 0.152 e. The van der Waals surface area contributed by atoms with Crippen LogP contribution in [0.3, 0.4) is 0 Å². The quantitative estimate of drug-likeness (QED) is 0.847. The standard InChI is InChI=1S/C13H20N4O/c1-10-8-11-12(14-5-6-17(11)16-10)15-9-13(2,3)4-7-18/h5-6,8,18H,4,7,9H2,1-3H3,(H,14,15). The monoisotopic (exact) mass is 248 g/mol. The van der Waals surface area contributed by atoms with Gasteiger partial charge in [-0.25, -0.2) is 9.50 Å². The number of hydrogen-bond acceptors (Lipinski definition) is 4. The first-order valence-electron chi connectivity index (χ1n) is 6.17. The fourth-order valence-corrected chi connectivity index (χ4v) is 1.89. The molecule has 0 bridgehead atoms. The highest BCUT2D eigenvalue weighted by Crippen LogP contribution is 2.22. The number of aryl methyl sites for hydroxylation is 1. The topological polar surface area (TPSA) is 62.5 Å². The van der Waals surface area contributed by atoms with Gasteiger partial charge < -0.3 is 10.4 Å². The van der Waals surface area contributed by atoms with Crippen molar-refractivity contribution >= 4 is 11.3 Å². The number of aliphatic hydroxyl groups excluding tert-OH is 1. The Morgan fingerprint density at radius 1 is 1.44 bits per heavy atom. The molecule has 2 aromatic rings. The lowest BCUT2D eigenvalue weighted by molar-refractivity contribution is 0.220. The zero-order valence-electron chi connectivity index (χ0n) is 11.1. The van der Waals surface area contributed by atoms with E-state index in [-0.39, 0.29) is 12.0 Å². The summed E-state index contributed by atoms with van der Waals surface area (Å²) in [7, 11) is 0. The molecule has 0 aromatic carbocycles. The van der Waals surface area contributed by atoms with Crippen LogP contribution in [-0.2, 0) is 0 Å². The number of nitrogens with zero attached hydrogens (tertiary/aromatic N) is 3. The Hall–Kier alpha value is -1.62. The van der Waals surface area contributed by atoms with Gasteiger partial charge in [0.1, 0.15) is 5.52 Å². The van der Waals surface area contributed by atoms with Crippen LogP contribution in [0.1, 0.15) is 26.0 Å². The molecule has 5 nitrogen and oxygen atoms in total. The molecular formula is C13H20N4O. The molecule has 0 unspecified atom stereocenters. The maximum atomic E-state index is 9.02. The lowest BCUT2D eigenvalue weighted by Gasteiger charge is -2.24. The molecular weight excluding hydrogens is 228 g/mol. The van der Waals surface area contributed by atoms with Gasteiger partial charge in [0.15, 0.2) is 5.82 Å². The van der Waals surface area contributed by atoms with E-state index >= 15 is 0 Å². The first kappa shape index (κ1) is 12.8. The van der Waals surface area contributed by atoms with E-state index in [0.29, 0.717) is 0 Å². The molecule has 2 N–H and O–H groups in total. The van der Waals surface area contributed by atoms with Crippen LogP contribution in [0.5, 0.6) is 0 Å². The Bertz CT molecular complexity index is 533. The van der Waals surface area contributed by atoms with E-state index in [1.54, 1.807) is 6.20 Å². The van der Waals surface area contributed by atoms with E-state index in [0.717, 1.165) is 30.0 Å². The van der Waals surface area contributed by atoms with Crippen LogP contribution < -0.4 is 5.32 Å². The summed E-state index contributed by atoms with van der Waals surface area (Å²) in [5, 5.41) is 16.7. The van der Waals surface area contributed by atoms with Crippen LogP contribution in [0.2, 0.25) is 0 Å². The molecule has 0 saturated heterocycles. The first-order valence-corrected chi connectivity index (χ1v) is 6.17. The Morgan fingerprint density at radius 2 is 2.22 bits per heavy atom. The normalized spacial score (nSPS) is 12.0. The van der Waals surface area contributed by atoms with Crippen molar-refractivity contribution in [2.24, 2.45) is 5.41 Å². The van der Waals surface area contributed by atoms with Gasteiger partial charge in [0, 0.05) is 25.5 Å². The highest BCUT2D eigenvalue weighted by molar-refractivity contribution is 5.67. The van der Waals surface area contributed by atoms with Crippen LogP contribution >= 0.6 is 0 Å². The number of fused-ring (bicyclic) bond motifs is 1. The minimum atomic E-state index is 0.0400. The van der Waals surface area contributed by atoms with Crippen molar-refractivity contribution < 1.29 is 5.11 Å². The molecule has 2 rings (SSSR count). The fraction of sp³-hybridized carbons (Fsp3) is 0.538. The minimum Gasteiger partial charge on any atom is -0.396 e. The van der Waals surface area contributed by atoms with E-state index in [1.165, 1.54) is 0 Å². The number of hydrogen-bond donors (Lipinski definition) is 2. The van der Waals surface area contributed by atoms with Crippen molar-refractivity contribution in [3.05, 3.63) is 24.2 Å². The summed E-state index contributed by atoms with van der Waals surface area (Å²) in [6, 6.07) is 2.01. The third kappa shape index (κ3) is 2.79. The van der Waals surface area contributed by atoms with Crippen LogP contribution in [-0.4, -0.2) is 32.9 Å². The van der Waals surface area contributed by atoms with Crippen LogP contribution in [0.4, 0.5) is 5.82 Å². The van der Waals surface area contributed by atoms with Gasteiger partial charge >= 0.3 is 0 Å². The summed E-state index contributed by atoms with van der Waals surface area (Å²) in [5.41, 5.74) is 1.99. The second kappa shape index (κ2) is 4.94. The molecule has 18 heavy (non-hydrogen) atoms. The Morgan fingerprint density at radius 3 is 2.94 bits per heavy atom. The van der Waals surface area contributed by atoms with Crippen molar-refractivity contribution in [1.82, 2.24) is 14.6 Å². The van der Waals surface area contributed by atoms with Gasteiger partial charge in [-0.1, -0.05) is 13.8 Å². The largest absolute Gasteiger partial charge is 0.396 e. The molecule has 0 amide bonds. The Kier molecular flexibility index (Phi) is 3.52. The Balaban J connectivity index is 2.17. The van der Waals surface area contributed by atoms with E-state index in [9.17, 15) is 0 Å². The highest BCUT2D eigenvalue weighted by Gasteiger charge is 2.17. The molecule has 0 atom stereocenters. The predicted molar refractivity (Wildman–Crippen MR) is 71.7 cm³/mol. The summed E-state index contributed by atoms with van der Waals surface area (Å²) in [6.07, 6.45) is 4.34. The van der Waals surface area contributed by atoms with Gasteiger partial charge in [0.05, 0.1) is 5.69 Å². The molecule has 2 aromatic heterocycles. The van der Waals surface area contributed by atoms with Gasteiger partial charge in [-0.15, -0.1) is 0 Å². The summed E-state index contributed by atoms with van der Waals surface area (Å²) in [6.45, 7) is 7.19. The van der Waals surface area contributed by atoms with Gasteiger partial charge in [-0.05, 0) is 24.8 Å². The number of aromatic nitrogens is 3. The number of nitrogens with one attached hydrogen (secondary N) is 1. The van der Waals surface area contributed by atoms with E-state index in [4.69, 9.17) is 5.11 Å². The van der Waals surface area contributed by atoms with Gasteiger partial charge in [0.25, 0.3) is 0 Å². The first-order chi connectivity index (χ1) is 8.52. The van der Waals surface area contributed by atoms with Crippen molar-refractivity contribution in [3.63, 3.8) is 0 Å². The number of rotatable bonds is 5. The lowest BCUT2D eigenvalue weighted by atomic mass is 9.90. The van der Waals surface area contributed by atoms with Crippen LogP contribution in [0, 0.1) is 12.3 Å². The molecule has 0 spiro atoms. The SMILES string of the molecule is Cc1cc2c(NCC(C)(C)CCO)nccn2n1. The van der Waals surface area contributed by atoms with Crippen molar-refractivity contribution in [2.75, 3.05) is 18.5 Å². The number of anilines is 1. The molecule has 0 saturated carbocycles. The summed E-state index contributed by atoms with van der Waals surface area (Å²) in [5.74, 6) is 0.837. The predicted octanol–water partition coefficient (Wildman–Crippen LogP) is 1.86. The molecule has 0 radical (unpaired) electrons. The molecule has 0 aliphatic heterocycles. The van der Waals surface area contributed by atoms with Crippen molar-refractivity contribution in [3.8, 4) is 0 Å². The molecule has 0 aliphatic carbocycles. The van der Waals surface area contributed by atoms with E-state index in [1.807, 2.05) is 23.7 Å². The maximum absolute atomic E-state index is 9.02. The van der Waals surface area contributed by atoms with Crippen molar-refractivity contribution in [1.29, 1.82) is 0 Å². The van der Waals surface area contributed by atoms with Crippen LogP contribution in [0.15, 0.2) is 18.5 Å². The average molecular weight is 248 g/mol. The van der Waals surface area contributed by atoms with Crippen molar-refractivity contribution in [2.45, 2.75) is 27.2 Å².